The fourth-order valence-electron chi connectivity index (χ4n) is 2.18. The van der Waals surface area contributed by atoms with Crippen LogP contribution in [0.3, 0.4) is 0 Å². The van der Waals surface area contributed by atoms with E-state index in [0.29, 0.717) is 12.6 Å². The van der Waals surface area contributed by atoms with Gasteiger partial charge >= 0.3 is 0 Å². The molecular formula is C15H11NO6. The van der Waals surface area contributed by atoms with E-state index in [0.717, 1.165) is 18.3 Å². The first-order valence-electron chi connectivity index (χ1n) is 6.03. The molecule has 0 atom stereocenters. The first-order valence-corrected chi connectivity index (χ1v) is 6.03. The molecule has 0 aliphatic heterocycles. The van der Waals surface area contributed by atoms with Gasteiger partial charge in [0, 0.05) is 34.4 Å². The third-order valence-electron chi connectivity index (χ3n) is 3.01. The van der Waals surface area contributed by atoms with Crippen molar-refractivity contribution >= 4 is 18.8 Å². The molecule has 0 radical (unpaired) electrons. The van der Waals surface area contributed by atoms with Crippen LogP contribution in [0.15, 0.2) is 29.4 Å². The summed E-state index contributed by atoms with van der Waals surface area (Å²) in [7, 11) is 0. The molecule has 2 rings (SSSR count). The molecule has 7 heteroatoms. The molecule has 4 N–H and O–H groups in total. The zero-order chi connectivity index (χ0) is 16.3. The quantitative estimate of drug-likeness (QED) is 0.295. The smallest absolute Gasteiger partial charge is 0.150 e. The van der Waals surface area contributed by atoms with Gasteiger partial charge in [0.1, 0.15) is 23.5 Å². The number of carbonyl (C=O) groups excluding carboxylic acids is 2. The van der Waals surface area contributed by atoms with E-state index in [1.807, 2.05) is 0 Å². The number of hydrogen-bond acceptors (Lipinski definition) is 7. The summed E-state index contributed by atoms with van der Waals surface area (Å²) in [5.74, 6) is -1.33. The fourth-order valence-corrected chi connectivity index (χ4v) is 2.18. The molecule has 112 valence electrons. The van der Waals surface area contributed by atoms with Crippen molar-refractivity contribution in [3.63, 3.8) is 0 Å². The van der Waals surface area contributed by atoms with E-state index in [4.69, 9.17) is 5.21 Å². The molecule has 0 heterocycles. The van der Waals surface area contributed by atoms with Crippen molar-refractivity contribution in [3.8, 4) is 28.4 Å². The second-order valence-electron chi connectivity index (χ2n) is 4.41. The predicted octanol–water partition coefficient (Wildman–Crippen LogP) is 1.90. The summed E-state index contributed by atoms with van der Waals surface area (Å²) in [4.78, 5) is 22.2. The number of hydrogen-bond donors (Lipinski definition) is 4. The molecule has 2 aromatic carbocycles. The number of oxime groups is 1. The zero-order valence-electron chi connectivity index (χ0n) is 11.1. The highest BCUT2D eigenvalue weighted by Gasteiger charge is 2.19. The number of phenols is 3. The van der Waals surface area contributed by atoms with E-state index in [1.165, 1.54) is 12.1 Å². The molecule has 0 aliphatic carbocycles. The first-order chi connectivity index (χ1) is 10.5. The van der Waals surface area contributed by atoms with Gasteiger partial charge in [0.15, 0.2) is 6.29 Å². The molecule has 0 saturated carbocycles. The van der Waals surface area contributed by atoms with Crippen LogP contribution in [-0.4, -0.2) is 39.3 Å². The van der Waals surface area contributed by atoms with Gasteiger partial charge in [-0.25, -0.2) is 0 Å². The minimum absolute atomic E-state index is 0.00390. The molecule has 0 saturated heterocycles. The maximum Gasteiger partial charge on any atom is 0.150 e. The minimum atomic E-state index is -0.480. The van der Waals surface area contributed by atoms with Crippen molar-refractivity contribution in [2.75, 3.05) is 0 Å². The summed E-state index contributed by atoms with van der Waals surface area (Å²) in [6.45, 7) is 0. The van der Waals surface area contributed by atoms with E-state index >= 15 is 0 Å². The fraction of sp³-hybridized carbons (Fsp3) is 0. The molecule has 0 aliphatic rings. The maximum atomic E-state index is 11.3. The van der Waals surface area contributed by atoms with E-state index < -0.39 is 11.5 Å². The molecule has 0 bridgehead atoms. The van der Waals surface area contributed by atoms with Crippen LogP contribution in [0.25, 0.3) is 11.1 Å². The van der Waals surface area contributed by atoms with Gasteiger partial charge in [-0.3, -0.25) is 9.59 Å². The summed E-state index contributed by atoms with van der Waals surface area (Å²) >= 11 is 0. The van der Waals surface area contributed by atoms with E-state index in [-0.39, 0.29) is 33.6 Å². The van der Waals surface area contributed by atoms with Crippen LogP contribution in [0.1, 0.15) is 26.3 Å². The van der Waals surface area contributed by atoms with Crippen LogP contribution in [0.5, 0.6) is 17.2 Å². The number of phenolic OH excluding ortho intramolecular Hbond substituents is 3. The number of aldehydes is 2. The standard InChI is InChI=1S/C15H11NO6/c17-6-8-1-9(5-16-22)14(10(2-8)7-18)15-12(20)3-11(19)4-13(15)21/h1-7,19-22H. The molecule has 22 heavy (non-hydrogen) atoms. The van der Waals surface area contributed by atoms with E-state index in [1.54, 1.807) is 0 Å². The highest BCUT2D eigenvalue weighted by Crippen LogP contribution is 2.42. The van der Waals surface area contributed by atoms with Crippen molar-refractivity contribution < 1.29 is 30.1 Å². The van der Waals surface area contributed by atoms with Crippen LogP contribution in [0, 0.1) is 0 Å². The van der Waals surface area contributed by atoms with Crippen LogP contribution < -0.4 is 0 Å². The largest absolute Gasteiger partial charge is 0.508 e. The van der Waals surface area contributed by atoms with Crippen LogP contribution in [-0.2, 0) is 0 Å². The average Bonchev–Trinajstić information content (AvgIpc) is 2.47. The van der Waals surface area contributed by atoms with E-state index in [2.05, 4.69) is 5.16 Å². The van der Waals surface area contributed by atoms with Crippen LogP contribution in [0.4, 0.5) is 0 Å². The van der Waals surface area contributed by atoms with Crippen molar-refractivity contribution in [2.24, 2.45) is 5.16 Å². The van der Waals surface area contributed by atoms with Gasteiger partial charge in [0.05, 0.1) is 11.8 Å². The van der Waals surface area contributed by atoms with Crippen LogP contribution in [0.2, 0.25) is 0 Å². The van der Waals surface area contributed by atoms with Crippen molar-refractivity contribution in [1.82, 2.24) is 0 Å². The van der Waals surface area contributed by atoms with Crippen molar-refractivity contribution in [3.05, 3.63) is 41.0 Å². The number of carbonyl (C=O) groups is 2. The van der Waals surface area contributed by atoms with Gasteiger partial charge in [0.25, 0.3) is 0 Å². The Balaban J connectivity index is 2.90. The molecule has 0 unspecified atom stereocenters. The highest BCUT2D eigenvalue weighted by molar-refractivity contribution is 6.03. The highest BCUT2D eigenvalue weighted by atomic mass is 16.4. The predicted molar refractivity (Wildman–Crippen MR) is 77.0 cm³/mol. The summed E-state index contributed by atoms with van der Waals surface area (Å²) in [5.41, 5.74) is 0.209. The maximum absolute atomic E-state index is 11.3. The molecule has 2 aromatic rings. The third-order valence-corrected chi connectivity index (χ3v) is 3.01. The summed E-state index contributed by atoms with van der Waals surface area (Å²) < 4.78 is 0. The second-order valence-corrected chi connectivity index (χ2v) is 4.41. The van der Waals surface area contributed by atoms with E-state index in [9.17, 15) is 24.9 Å². The molecule has 0 fully saturated rings. The molecule has 0 aromatic heterocycles. The second kappa shape index (κ2) is 5.96. The Kier molecular flexibility index (Phi) is 4.08. The lowest BCUT2D eigenvalue weighted by molar-refractivity contribution is 0.112. The van der Waals surface area contributed by atoms with Gasteiger partial charge < -0.3 is 20.5 Å². The van der Waals surface area contributed by atoms with Crippen molar-refractivity contribution in [2.45, 2.75) is 0 Å². The third kappa shape index (κ3) is 2.59. The Morgan fingerprint density at radius 2 is 1.41 bits per heavy atom. The number of benzene rings is 2. The molecular weight excluding hydrogens is 290 g/mol. The van der Waals surface area contributed by atoms with Gasteiger partial charge in [-0.2, -0.15) is 0 Å². The normalized spacial score (nSPS) is 10.7. The van der Waals surface area contributed by atoms with Gasteiger partial charge in [-0.05, 0) is 12.1 Å². The Labute approximate surface area is 124 Å². The Morgan fingerprint density at radius 3 is 1.91 bits per heavy atom. The Morgan fingerprint density at radius 1 is 0.818 bits per heavy atom. The molecule has 0 spiro atoms. The van der Waals surface area contributed by atoms with Gasteiger partial charge in [0.2, 0.25) is 0 Å². The topological polar surface area (TPSA) is 127 Å². The zero-order valence-corrected chi connectivity index (χ0v) is 11.1. The molecule has 0 amide bonds. The number of aromatic hydroxyl groups is 3. The van der Waals surface area contributed by atoms with Gasteiger partial charge in [-0.15, -0.1) is 0 Å². The summed E-state index contributed by atoms with van der Waals surface area (Å²) in [6, 6.07) is 4.55. The van der Waals surface area contributed by atoms with Gasteiger partial charge in [-0.1, -0.05) is 5.16 Å². The molecule has 7 nitrogen and oxygen atoms in total. The number of rotatable bonds is 4. The lowest BCUT2D eigenvalue weighted by atomic mass is 9.92. The van der Waals surface area contributed by atoms with Crippen molar-refractivity contribution in [1.29, 1.82) is 0 Å². The lowest BCUT2D eigenvalue weighted by Gasteiger charge is -2.13. The van der Waals surface area contributed by atoms with Crippen LogP contribution >= 0.6 is 0 Å². The average molecular weight is 301 g/mol. The lowest BCUT2D eigenvalue weighted by Crippen LogP contribution is -1.98. The Hall–Kier alpha value is -3.35. The first kappa shape index (κ1) is 15.0. The number of nitrogens with zero attached hydrogens (tertiary/aromatic N) is 1. The monoisotopic (exact) mass is 301 g/mol. The Bertz CT molecular complexity index is 759. The summed E-state index contributed by atoms with van der Waals surface area (Å²) in [6.07, 6.45) is 1.89. The SMILES string of the molecule is O=Cc1cc(C=O)c(-c2c(O)cc(O)cc2O)c(C=NO)c1. The summed E-state index contributed by atoms with van der Waals surface area (Å²) in [5, 5.41) is 40.8. The minimum Gasteiger partial charge on any atom is -0.508 e.